The molecule has 40 heavy (non-hydrogen) atoms. The minimum absolute atomic E-state index is 0.000223. The van der Waals surface area contributed by atoms with Crippen LogP contribution in [0, 0.1) is 5.41 Å². The van der Waals surface area contributed by atoms with E-state index in [1.807, 2.05) is 40.8 Å². The fourth-order valence-corrected chi connectivity index (χ4v) is 5.51. The van der Waals surface area contributed by atoms with Gasteiger partial charge in [0.1, 0.15) is 11.5 Å². The van der Waals surface area contributed by atoms with Gasteiger partial charge in [0.25, 0.3) is 11.6 Å². The fraction of sp³-hybridized carbons (Fsp3) is 0.481. The molecule has 2 atom stereocenters. The van der Waals surface area contributed by atoms with Gasteiger partial charge in [0.05, 0.1) is 32.2 Å². The minimum Gasteiger partial charge on any atom is -0.542 e. The molecule has 216 valence electrons. The Labute approximate surface area is 237 Å². The molecular formula is C27H31BrF3N5O4. The first kappa shape index (κ1) is 29.6. The number of imidazole rings is 1. The summed E-state index contributed by atoms with van der Waals surface area (Å²) >= 11 is 3.44. The number of alkyl halides is 3. The Balaban J connectivity index is 0.000000470. The monoisotopic (exact) mass is 625 g/mol. The van der Waals surface area contributed by atoms with Crippen LogP contribution in [-0.2, 0) is 18.4 Å². The van der Waals surface area contributed by atoms with Gasteiger partial charge < -0.3 is 14.8 Å². The summed E-state index contributed by atoms with van der Waals surface area (Å²) in [7, 11) is 1.82. The van der Waals surface area contributed by atoms with Crippen molar-refractivity contribution in [2.24, 2.45) is 12.5 Å². The number of amides is 1. The number of aromatic nitrogens is 3. The maximum atomic E-state index is 13.2. The lowest BCUT2D eigenvalue weighted by atomic mass is 9.90. The van der Waals surface area contributed by atoms with E-state index in [1.54, 1.807) is 4.57 Å². The summed E-state index contributed by atoms with van der Waals surface area (Å²) in [6.45, 7) is 8.60. The van der Waals surface area contributed by atoms with Gasteiger partial charge in [-0.3, -0.25) is 14.3 Å². The van der Waals surface area contributed by atoms with Crippen LogP contribution in [0.25, 0.3) is 11.2 Å². The molecule has 2 aromatic heterocycles. The van der Waals surface area contributed by atoms with Crippen LogP contribution < -0.4 is 20.7 Å². The van der Waals surface area contributed by atoms with E-state index in [1.165, 1.54) is 0 Å². The van der Waals surface area contributed by atoms with E-state index in [-0.39, 0.29) is 29.1 Å². The average molecular weight is 626 g/mol. The van der Waals surface area contributed by atoms with Crippen LogP contribution >= 0.6 is 15.9 Å². The Morgan fingerprint density at radius 1 is 1.02 bits per heavy atom. The molecule has 0 aliphatic carbocycles. The van der Waals surface area contributed by atoms with Crippen LogP contribution in [-0.4, -0.2) is 57.3 Å². The number of rotatable bonds is 3. The minimum atomic E-state index is -5.19. The fourth-order valence-electron chi connectivity index (χ4n) is 5.24. The number of anilines is 1. The number of carboxylic acids is 1. The molecule has 5 heterocycles. The van der Waals surface area contributed by atoms with E-state index in [9.17, 15) is 22.8 Å². The topological polar surface area (TPSA) is 105 Å². The SMILES string of the molecule is Cn1c(=O)n(CC(C)(C)C)c2ccc(N3CC4CCC3CN4C(=O)c3ccc(Br)cc3)[nH+]c21.O=C([O-])C(F)(F)F. The van der Waals surface area contributed by atoms with E-state index in [0.29, 0.717) is 6.54 Å². The molecule has 13 heteroatoms. The molecule has 6 rings (SSSR count). The third kappa shape index (κ3) is 6.18. The highest BCUT2D eigenvalue weighted by Gasteiger charge is 2.44. The molecule has 0 radical (unpaired) electrons. The van der Waals surface area contributed by atoms with Crippen molar-refractivity contribution in [2.45, 2.75) is 58.4 Å². The van der Waals surface area contributed by atoms with Crippen LogP contribution in [0.5, 0.6) is 0 Å². The standard InChI is InChI=1S/C25H30BrN5O2.C2HF3O2/c1-25(2,3)15-31-20-11-12-21(27-22(20)28(4)24(31)33)29-13-19-10-9-18(29)14-30(19)23(32)16-5-7-17(26)8-6-16;3-2(4,5)1(6)7/h5-8,11-12,18-19H,9-10,13-15H2,1-4H3;(H,6,7). The number of pyridine rings is 1. The number of piperidine rings is 2. The number of aryl methyl sites for hydroxylation is 1. The number of benzene rings is 1. The van der Waals surface area contributed by atoms with Gasteiger partial charge in [-0.05, 0) is 48.6 Å². The molecule has 0 spiro atoms. The molecular weight excluding hydrogens is 595 g/mol. The van der Waals surface area contributed by atoms with E-state index in [4.69, 9.17) is 9.90 Å². The number of halogens is 4. The van der Waals surface area contributed by atoms with Gasteiger partial charge >= 0.3 is 11.9 Å². The Bertz CT molecular complexity index is 1480. The number of hydrogen-bond acceptors (Lipinski definition) is 5. The van der Waals surface area contributed by atoms with Gasteiger partial charge in [-0.15, -0.1) is 0 Å². The summed E-state index contributed by atoms with van der Waals surface area (Å²) in [6.07, 6.45) is -3.11. The summed E-state index contributed by atoms with van der Waals surface area (Å²) < 4.78 is 36.1. The van der Waals surface area contributed by atoms with Crippen molar-refractivity contribution in [3.8, 4) is 0 Å². The largest absolute Gasteiger partial charge is 0.542 e. The summed E-state index contributed by atoms with van der Waals surface area (Å²) in [5.74, 6) is -1.89. The van der Waals surface area contributed by atoms with Crippen molar-refractivity contribution >= 4 is 44.8 Å². The Morgan fingerprint density at radius 2 is 1.62 bits per heavy atom. The second-order valence-electron chi connectivity index (χ2n) is 11.4. The number of carbonyl (C=O) groups excluding carboxylic acids is 2. The predicted octanol–water partition coefficient (Wildman–Crippen LogP) is 2.75. The summed E-state index contributed by atoms with van der Waals surface area (Å²) in [5, 5.41) is 8.78. The maximum absolute atomic E-state index is 13.2. The second kappa shape index (κ2) is 10.9. The second-order valence-corrected chi connectivity index (χ2v) is 12.3. The zero-order chi connectivity index (χ0) is 29.6. The number of piperazine rings is 1. The number of carboxylic acid groups (broad SMARTS) is 1. The Hall–Kier alpha value is -3.35. The highest BCUT2D eigenvalue weighted by atomic mass is 79.9. The molecule has 3 saturated heterocycles. The van der Waals surface area contributed by atoms with Crippen molar-refractivity contribution in [3.05, 3.63) is 56.9 Å². The van der Waals surface area contributed by atoms with E-state index in [0.717, 1.165) is 52.9 Å². The van der Waals surface area contributed by atoms with Crippen LogP contribution in [0.1, 0.15) is 44.0 Å². The smallest absolute Gasteiger partial charge is 0.430 e. The molecule has 3 aromatic rings. The molecule has 1 N–H and O–H groups in total. The number of aromatic amines is 1. The Kier molecular flexibility index (Phi) is 8.08. The first-order chi connectivity index (χ1) is 18.6. The number of carbonyl (C=O) groups is 2. The van der Waals surface area contributed by atoms with Gasteiger partial charge in [-0.2, -0.15) is 13.2 Å². The molecule has 3 fully saturated rings. The Morgan fingerprint density at radius 3 is 2.15 bits per heavy atom. The highest BCUT2D eigenvalue weighted by molar-refractivity contribution is 9.10. The number of fused-ring (bicyclic) bond motifs is 4. The molecule has 2 bridgehead atoms. The number of aliphatic carboxylic acids is 1. The first-order valence-electron chi connectivity index (χ1n) is 12.8. The molecule has 2 unspecified atom stereocenters. The molecule has 1 amide bonds. The van der Waals surface area contributed by atoms with Gasteiger partial charge in [0.15, 0.2) is 0 Å². The normalized spacial score (nSPS) is 19.0. The first-order valence-corrected chi connectivity index (χ1v) is 13.6. The summed E-state index contributed by atoms with van der Waals surface area (Å²) in [4.78, 5) is 42.8. The number of H-pyrrole nitrogens is 1. The van der Waals surface area contributed by atoms with Crippen molar-refractivity contribution < 1.29 is 32.9 Å². The summed E-state index contributed by atoms with van der Waals surface area (Å²) in [5.41, 5.74) is 2.51. The average Bonchev–Trinajstić information content (AvgIpc) is 3.12. The van der Waals surface area contributed by atoms with E-state index >= 15 is 0 Å². The van der Waals surface area contributed by atoms with Crippen LogP contribution in [0.15, 0.2) is 45.7 Å². The molecule has 1 aromatic carbocycles. The predicted molar refractivity (Wildman–Crippen MR) is 144 cm³/mol. The maximum Gasteiger partial charge on any atom is 0.430 e. The van der Waals surface area contributed by atoms with Gasteiger partial charge in [-0.1, -0.05) is 36.7 Å². The summed E-state index contributed by atoms with van der Waals surface area (Å²) in [6, 6.07) is 12.2. The molecule has 0 saturated carbocycles. The molecule has 3 aliphatic rings. The number of nitrogens with zero attached hydrogens (tertiary/aromatic N) is 4. The number of nitrogens with one attached hydrogen (secondary N) is 1. The number of hydrogen-bond donors (Lipinski definition) is 0. The van der Waals surface area contributed by atoms with Crippen molar-refractivity contribution in [1.82, 2.24) is 14.0 Å². The van der Waals surface area contributed by atoms with Gasteiger partial charge in [0.2, 0.25) is 5.82 Å². The molecule has 3 aliphatic heterocycles. The van der Waals surface area contributed by atoms with E-state index in [2.05, 4.69) is 58.7 Å². The van der Waals surface area contributed by atoms with Gasteiger partial charge in [-0.25, -0.2) is 14.3 Å². The lowest BCUT2D eigenvalue weighted by Crippen LogP contribution is -2.64. The van der Waals surface area contributed by atoms with Crippen LogP contribution in [0.2, 0.25) is 0 Å². The van der Waals surface area contributed by atoms with Crippen molar-refractivity contribution in [1.29, 1.82) is 0 Å². The molecule has 9 nitrogen and oxygen atoms in total. The van der Waals surface area contributed by atoms with Crippen LogP contribution in [0.3, 0.4) is 0 Å². The lowest BCUT2D eigenvalue weighted by Gasteiger charge is -2.49. The zero-order valence-electron chi connectivity index (χ0n) is 22.6. The highest BCUT2D eigenvalue weighted by Crippen LogP contribution is 2.33. The quantitative estimate of drug-likeness (QED) is 0.445. The lowest BCUT2D eigenvalue weighted by molar-refractivity contribution is -0.344. The van der Waals surface area contributed by atoms with Crippen molar-refractivity contribution in [3.63, 3.8) is 0 Å². The third-order valence-electron chi connectivity index (χ3n) is 7.09. The van der Waals surface area contributed by atoms with Crippen molar-refractivity contribution in [2.75, 3.05) is 18.0 Å². The van der Waals surface area contributed by atoms with Gasteiger partial charge in [0, 0.05) is 22.6 Å². The van der Waals surface area contributed by atoms with E-state index < -0.39 is 12.1 Å². The third-order valence-corrected chi connectivity index (χ3v) is 7.62. The van der Waals surface area contributed by atoms with Crippen LogP contribution in [0.4, 0.5) is 19.0 Å². The zero-order valence-corrected chi connectivity index (χ0v) is 24.2.